The van der Waals surface area contributed by atoms with Gasteiger partial charge in [-0.25, -0.2) is 0 Å². The van der Waals surface area contributed by atoms with Crippen molar-refractivity contribution in [3.8, 4) is 0 Å². The van der Waals surface area contributed by atoms with E-state index in [-0.39, 0.29) is 0 Å². The van der Waals surface area contributed by atoms with E-state index in [9.17, 15) is 0 Å². The summed E-state index contributed by atoms with van der Waals surface area (Å²) in [6, 6.07) is 8.82. The van der Waals surface area contributed by atoms with Crippen LogP contribution in [0.25, 0.3) is 0 Å². The van der Waals surface area contributed by atoms with Crippen LogP contribution >= 0.6 is 0 Å². The van der Waals surface area contributed by atoms with Gasteiger partial charge < -0.3 is 5.73 Å². The van der Waals surface area contributed by atoms with Crippen LogP contribution in [-0.4, -0.2) is 6.54 Å². The molecule has 0 spiro atoms. The van der Waals surface area contributed by atoms with Gasteiger partial charge in [0, 0.05) is 0 Å². The van der Waals surface area contributed by atoms with Gasteiger partial charge in [0.25, 0.3) is 0 Å². The summed E-state index contributed by atoms with van der Waals surface area (Å²) < 4.78 is 0. The van der Waals surface area contributed by atoms with Gasteiger partial charge in [-0.05, 0) is 41.8 Å². The van der Waals surface area contributed by atoms with Gasteiger partial charge in [0.05, 0.1) is 0 Å². The molecule has 1 nitrogen and oxygen atoms in total. The second-order valence-electron chi connectivity index (χ2n) is 3.99. The molecule has 0 saturated heterocycles. The zero-order valence-electron chi connectivity index (χ0n) is 7.03. The molecule has 3 rings (SSSR count). The van der Waals surface area contributed by atoms with E-state index in [1.807, 2.05) is 0 Å². The maximum Gasteiger partial charge on any atom is -0.00399 e. The number of nitrogens with two attached hydrogens (primary N) is 1. The van der Waals surface area contributed by atoms with Crippen molar-refractivity contribution in [2.75, 3.05) is 6.54 Å². The summed E-state index contributed by atoms with van der Waals surface area (Å²) in [6.07, 6.45) is 1.28. The molecule has 1 aromatic rings. The summed E-state index contributed by atoms with van der Waals surface area (Å²) in [4.78, 5) is 0. The molecule has 0 aromatic heterocycles. The van der Waals surface area contributed by atoms with Crippen molar-refractivity contribution in [2.45, 2.75) is 12.3 Å². The van der Waals surface area contributed by atoms with Crippen LogP contribution in [-0.2, 0) is 6.42 Å². The first-order valence-corrected chi connectivity index (χ1v) is 4.69. The predicted molar refractivity (Wildman–Crippen MR) is 48.9 cm³/mol. The Hall–Kier alpha value is -0.820. The van der Waals surface area contributed by atoms with Crippen LogP contribution in [0.4, 0.5) is 0 Å². The van der Waals surface area contributed by atoms with Crippen molar-refractivity contribution >= 4 is 0 Å². The summed E-state index contributed by atoms with van der Waals surface area (Å²) in [6.45, 7) is 0.879. The van der Waals surface area contributed by atoms with E-state index in [0.717, 1.165) is 24.3 Å². The molecule has 0 aliphatic heterocycles. The zero-order valence-corrected chi connectivity index (χ0v) is 7.03. The lowest BCUT2D eigenvalue weighted by atomic mass is 10.0. The van der Waals surface area contributed by atoms with Gasteiger partial charge in [0.1, 0.15) is 0 Å². The third-order valence-electron chi connectivity index (χ3n) is 3.47. The number of fused-ring (bicyclic) bond motifs is 3. The molecule has 1 heteroatoms. The Bertz CT molecular complexity index is 319. The van der Waals surface area contributed by atoms with Crippen molar-refractivity contribution in [1.82, 2.24) is 0 Å². The Morgan fingerprint density at radius 3 is 3.00 bits per heavy atom. The zero-order chi connectivity index (χ0) is 8.13. The van der Waals surface area contributed by atoms with Crippen LogP contribution < -0.4 is 5.73 Å². The average molecular weight is 159 g/mol. The van der Waals surface area contributed by atoms with E-state index >= 15 is 0 Å². The topological polar surface area (TPSA) is 26.0 Å². The van der Waals surface area contributed by atoms with Crippen LogP contribution in [0, 0.1) is 11.8 Å². The molecule has 12 heavy (non-hydrogen) atoms. The lowest BCUT2D eigenvalue weighted by molar-refractivity contribution is 0.701. The first-order valence-electron chi connectivity index (χ1n) is 4.69. The molecule has 1 fully saturated rings. The molecule has 0 radical (unpaired) electrons. The normalized spacial score (nSPS) is 35.9. The minimum absolute atomic E-state index is 0.805. The molecular weight excluding hydrogens is 146 g/mol. The lowest BCUT2D eigenvalue weighted by Gasteiger charge is -2.04. The Morgan fingerprint density at radius 1 is 1.33 bits per heavy atom. The fraction of sp³-hybridized carbons (Fsp3) is 0.455. The van der Waals surface area contributed by atoms with Crippen molar-refractivity contribution in [3.63, 3.8) is 0 Å². The highest BCUT2D eigenvalue weighted by molar-refractivity contribution is 5.43. The van der Waals surface area contributed by atoms with Crippen molar-refractivity contribution in [1.29, 1.82) is 0 Å². The summed E-state index contributed by atoms with van der Waals surface area (Å²) in [5, 5.41) is 0. The quantitative estimate of drug-likeness (QED) is 0.660. The van der Waals surface area contributed by atoms with E-state index in [0.29, 0.717) is 0 Å². The number of benzene rings is 1. The maximum atomic E-state index is 5.68. The minimum Gasteiger partial charge on any atom is -0.330 e. The molecule has 3 atom stereocenters. The molecule has 0 heterocycles. The summed E-state index contributed by atoms with van der Waals surface area (Å²) in [5.41, 5.74) is 8.83. The van der Waals surface area contributed by atoms with E-state index in [1.54, 1.807) is 11.1 Å². The third-order valence-corrected chi connectivity index (χ3v) is 3.47. The highest BCUT2D eigenvalue weighted by Crippen LogP contribution is 2.60. The fourth-order valence-corrected chi connectivity index (χ4v) is 2.81. The second-order valence-corrected chi connectivity index (χ2v) is 3.99. The molecule has 62 valence electrons. The van der Waals surface area contributed by atoms with Gasteiger partial charge in [0.15, 0.2) is 0 Å². The number of rotatable bonds is 1. The van der Waals surface area contributed by atoms with Crippen LogP contribution in [0.2, 0.25) is 0 Å². The molecule has 1 aromatic carbocycles. The summed E-state index contributed by atoms with van der Waals surface area (Å²) in [7, 11) is 0. The van der Waals surface area contributed by atoms with Gasteiger partial charge in [-0.1, -0.05) is 24.3 Å². The average Bonchev–Trinajstić information content (AvgIpc) is 2.68. The van der Waals surface area contributed by atoms with Crippen molar-refractivity contribution < 1.29 is 0 Å². The second kappa shape index (κ2) is 2.11. The van der Waals surface area contributed by atoms with Gasteiger partial charge in [-0.2, -0.15) is 0 Å². The highest BCUT2D eigenvalue weighted by Gasteiger charge is 2.54. The minimum atomic E-state index is 0.805. The Balaban J connectivity index is 2.00. The van der Waals surface area contributed by atoms with E-state index < -0.39 is 0 Å². The first kappa shape index (κ1) is 6.67. The maximum absolute atomic E-state index is 5.68. The Kier molecular flexibility index (Phi) is 1.17. The molecule has 1 saturated carbocycles. The monoisotopic (exact) mass is 159 g/mol. The molecule has 0 amide bonds. The molecule has 2 N–H and O–H groups in total. The molecule has 0 unspecified atom stereocenters. The number of hydrogen-bond acceptors (Lipinski definition) is 1. The van der Waals surface area contributed by atoms with Crippen LogP contribution in [0.15, 0.2) is 24.3 Å². The van der Waals surface area contributed by atoms with E-state index in [2.05, 4.69) is 24.3 Å². The standard InChI is InChI=1S/C11H13N/c12-6-10-9-5-7-3-1-2-4-8(7)11(9)10/h1-4,9-11H,5-6,12H2/t9-,10-,11+/m1/s1. The van der Waals surface area contributed by atoms with Gasteiger partial charge in [-0.3, -0.25) is 0 Å². The summed E-state index contributed by atoms with van der Waals surface area (Å²) in [5.74, 6) is 2.53. The lowest BCUT2D eigenvalue weighted by Crippen LogP contribution is -2.06. The highest BCUT2D eigenvalue weighted by atomic mass is 14.7. The SMILES string of the molecule is NC[C@@H]1[C@H]2Cc3ccccc3[C@H]12. The molecule has 2 aliphatic carbocycles. The smallest absolute Gasteiger partial charge is 0.00399 e. The Morgan fingerprint density at radius 2 is 2.17 bits per heavy atom. The molecule has 0 bridgehead atoms. The third kappa shape index (κ3) is 0.674. The van der Waals surface area contributed by atoms with Crippen LogP contribution in [0.3, 0.4) is 0 Å². The first-order chi connectivity index (χ1) is 5.92. The van der Waals surface area contributed by atoms with E-state index in [1.165, 1.54) is 6.42 Å². The van der Waals surface area contributed by atoms with Gasteiger partial charge in [0.2, 0.25) is 0 Å². The van der Waals surface area contributed by atoms with E-state index in [4.69, 9.17) is 5.73 Å². The Labute approximate surface area is 72.6 Å². The van der Waals surface area contributed by atoms with Gasteiger partial charge in [-0.15, -0.1) is 0 Å². The van der Waals surface area contributed by atoms with Crippen LogP contribution in [0.1, 0.15) is 17.0 Å². The largest absolute Gasteiger partial charge is 0.330 e. The molecular formula is C11H13N. The fourth-order valence-electron chi connectivity index (χ4n) is 2.81. The van der Waals surface area contributed by atoms with Crippen LogP contribution in [0.5, 0.6) is 0 Å². The molecule has 2 aliphatic rings. The summed E-state index contributed by atoms with van der Waals surface area (Å²) >= 11 is 0. The number of hydrogen-bond donors (Lipinski definition) is 1. The predicted octanol–water partition coefficient (Wildman–Crippen LogP) is 1.53. The van der Waals surface area contributed by atoms with Crippen molar-refractivity contribution in [3.05, 3.63) is 35.4 Å². The van der Waals surface area contributed by atoms with Crippen molar-refractivity contribution in [2.24, 2.45) is 17.6 Å². The van der Waals surface area contributed by atoms with Gasteiger partial charge >= 0.3 is 0 Å².